The van der Waals surface area contributed by atoms with Gasteiger partial charge in [0, 0.05) is 6.07 Å². The van der Waals surface area contributed by atoms with Crippen LogP contribution in [0.15, 0.2) is 24.5 Å². The van der Waals surface area contributed by atoms with Crippen molar-refractivity contribution >= 4 is 18.3 Å². The van der Waals surface area contributed by atoms with E-state index >= 15 is 0 Å². The molecular weight excluding hydrogens is 168 g/mol. The first-order valence-electron chi connectivity index (χ1n) is 2.69. The van der Waals surface area contributed by atoms with Crippen molar-refractivity contribution < 1.29 is 9.52 Å². The Kier molecular flexibility index (Phi) is 3.33. The predicted molar refractivity (Wildman–Crippen MR) is 41.2 cm³/mol. The van der Waals surface area contributed by atoms with E-state index in [1.165, 1.54) is 18.3 Å². The van der Waals surface area contributed by atoms with Crippen molar-refractivity contribution in [3.8, 4) is 0 Å². The van der Waals surface area contributed by atoms with Gasteiger partial charge in [-0.2, -0.15) is 4.73 Å². The summed E-state index contributed by atoms with van der Waals surface area (Å²) in [5.74, 6) is -0.592. The summed E-state index contributed by atoms with van der Waals surface area (Å²) in [6.07, 6.45) is 2.41. The fourth-order valence-electron chi connectivity index (χ4n) is 0.600. The van der Waals surface area contributed by atoms with Crippen molar-refractivity contribution in [3.63, 3.8) is 0 Å². The monoisotopic (exact) mass is 174 g/mol. The number of carbonyl (C=O) groups is 1. The van der Waals surface area contributed by atoms with Crippen LogP contribution in [0.4, 0.5) is 0 Å². The number of primary amides is 1. The van der Waals surface area contributed by atoms with Crippen molar-refractivity contribution in [2.24, 2.45) is 5.73 Å². The molecule has 0 aliphatic heterocycles. The summed E-state index contributed by atoms with van der Waals surface area (Å²) in [4.78, 5) is 10.4. The summed E-state index contributed by atoms with van der Waals surface area (Å²) in [5, 5.41) is 10.5. The molecule has 0 atom stereocenters. The van der Waals surface area contributed by atoms with E-state index in [1.807, 2.05) is 0 Å². The first-order valence-corrected chi connectivity index (χ1v) is 2.69. The van der Waals surface area contributed by atoms with E-state index in [0.717, 1.165) is 6.20 Å². The maximum atomic E-state index is 10.5. The minimum absolute atomic E-state index is 0. The number of amides is 1. The van der Waals surface area contributed by atoms with Gasteiger partial charge in [-0.15, -0.1) is 12.4 Å². The summed E-state index contributed by atoms with van der Waals surface area (Å²) in [6.45, 7) is 0. The Hall–Kier alpha value is -1.29. The topological polar surface area (TPSA) is 70.0 Å². The van der Waals surface area contributed by atoms with Crippen LogP contribution in [0.2, 0.25) is 0 Å². The summed E-state index contributed by atoms with van der Waals surface area (Å²) >= 11 is 0. The van der Waals surface area contributed by atoms with E-state index < -0.39 is 5.91 Å². The Balaban J connectivity index is 0.000001000. The molecule has 5 heteroatoms. The zero-order chi connectivity index (χ0) is 7.56. The molecule has 0 aromatic carbocycles. The number of nitrogens with two attached hydrogens (primary N) is 1. The van der Waals surface area contributed by atoms with E-state index in [0.29, 0.717) is 4.73 Å². The van der Waals surface area contributed by atoms with Gasteiger partial charge in [0.1, 0.15) is 5.56 Å². The minimum Gasteiger partial charge on any atom is -0.619 e. The molecule has 0 unspecified atom stereocenters. The van der Waals surface area contributed by atoms with Crippen molar-refractivity contribution in [1.29, 1.82) is 0 Å². The maximum Gasteiger partial charge on any atom is 0.254 e. The van der Waals surface area contributed by atoms with Gasteiger partial charge >= 0.3 is 0 Å². The van der Waals surface area contributed by atoms with Crippen LogP contribution in [0.25, 0.3) is 0 Å². The molecule has 0 saturated heterocycles. The normalized spacial score (nSPS) is 8.36. The largest absolute Gasteiger partial charge is 0.619 e. The highest BCUT2D eigenvalue weighted by molar-refractivity contribution is 5.92. The van der Waals surface area contributed by atoms with Crippen molar-refractivity contribution in [2.75, 3.05) is 0 Å². The number of hydrogen-bond acceptors (Lipinski definition) is 2. The van der Waals surface area contributed by atoms with Crippen LogP contribution >= 0.6 is 12.4 Å². The molecular formula is C6H7ClN2O2. The SMILES string of the molecule is Cl.NC(=O)c1ccc[n+]([O-])c1. The molecule has 1 amide bonds. The Morgan fingerprint density at radius 1 is 1.64 bits per heavy atom. The second kappa shape index (κ2) is 3.78. The van der Waals surface area contributed by atoms with Crippen LogP contribution < -0.4 is 10.5 Å². The first-order chi connectivity index (χ1) is 4.70. The number of halogens is 1. The van der Waals surface area contributed by atoms with Gasteiger partial charge in [0.15, 0.2) is 12.4 Å². The number of carbonyl (C=O) groups excluding carboxylic acids is 1. The average molecular weight is 175 g/mol. The second-order valence-electron chi connectivity index (χ2n) is 1.82. The van der Waals surface area contributed by atoms with Crippen LogP contribution in [0.5, 0.6) is 0 Å². The highest BCUT2D eigenvalue weighted by Gasteiger charge is 2.01. The molecule has 1 aromatic rings. The molecule has 0 aliphatic rings. The lowest BCUT2D eigenvalue weighted by Gasteiger charge is -1.94. The van der Waals surface area contributed by atoms with Gasteiger partial charge in [-0.3, -0.25) is 4.79 Å². The second-order valence-corrected chi connectivity index (χ2v) is 1.82. The lowest BCUT2D eigenvalue weighted by atomic mass is 10.3. The van der Waals surface area contributed by atoms with Crippen LogP contribution in [-0.2, 0) is 0 Å². The lowest BCUT2D eigenvalue weighted by molar-refractivity contribution is -0.605. The van der Waals surface area contributed by atoms with Gasteiger partial charge in [-0.1, -0.05) is 0 Å². The molecule has 4 nitrogen and oxygen atoms in total. The summed E-state index contributed by atoms with van der Waals surface area (Å²) in [7, 11) is 0. The zero-order valence-corrected chi connectivity index (χ0v) is 6.38. The maximum absolute atomic E-state index is 10.5. The zero-order valence-electron chi connectivity index (χ0n) is 5.56. The Morgan fingerprint density at radius 2 is 2.27 bits per heavy atom. The van der Waals surface area contributed by atoms with E-state index in [2.05, 4.69) is 0 Å². The number of nitrogens with zero attached hydrogens (tertiary/aromatic N) is 1. The molecule has 1 aromatic heterocycles. The van der Waals surface area contributed by atoms with Crippen molar-refractivity contribution in [2.45, 2.75) is 0 Å². The predicted octanol–water partition coefficient (Wildman–Crippen LogP) is -0.159. The van der Waals surface area contributed by atoms with Gasteiger partial charge in [-0.25, -0.2) is 0 Å². The van der Waals surface area contributed by atoms with Gasteiger partial charge < -0.3 is 10.9 Å². The molecule has 0 fully saturated rings. The number of pyridine rings is 1. The van der Waals surface area contributed by atoms with E-state index in [4.69, 9.17) is 5.73 Å². The Morgan fingerprint density at radius 3 is 2.64 bits per heavy atom. The smallest absolute Gasteiger partial charge is 0.254 e. The third-order valence-corrected chi connectivity index (χ3v) is 1.06. The molecule has 60 valence electrons. The molecule has 0 radical (unpaired) electrons. The van der Waals surface area contributed by atoms with Crippen molar-refractivity contribution in [1.82, 2.24) is 0 Å². The Bertz CT molecular complexity index is 265. The number of hydrogen-bond donors (Lipinski definition) is 1. The third kappa shape index (κ3) is 2.43. The van der Waals surface area contributed by atoms with E-state index in [-0.39, 0.29) is 18.0 Å². The highest BCUT2D eigenvalue weighted by Crippen LogP contribution is 1.90. The van der Waals surface area contributed by atoms with Gasteiger partial charge in [0.05, 0.1) is 0 Å². The third-order valence-electron chi connectivity index (χ3n) is 1.06. The average Bonchev–Trinajstić information content (AvgIpc) is 1.88. The Labute approximate surface area is 69.6 Å². The van der Waals surface area contributed by atoms with Crippen LogP contribution in [0, 0.1) is 5.21 Å². The van der Waals surface area contributed by atoms with Crippen LogP contribution in [0.3, 0.4) is 0 Å². The fourth-order valence-corrected chi connectivity index (χ4v) is 0.600. The number of rotatable bonds is 1. The molecule has 0 aliphatic carbocycles. The van der Waals surface area contributed by atoms with Gasteiger partial charge in [-0.05, 0) is 6.07 Å². The van der Waals surface area contributed by atoms with E-state index in [9.17, 15) is 10.0 Å². The minimum atomic E-state index is -0.592. The summed E-state index contributed by atoms with van der Waals surface area (Å²) < 4.78 is 0.528. The van der Waals surface area contributed by atoms with Gasteiger partial charge in [0.2, 0.25) is 0 Å². The van der Waals surface area contributed by atoms with Crippen molar-refractivity contribution in [3.05, 3.63) is 35.3 Å². The lowest BCUT2D eigenvalue weighted by Crippen LogP contribution is -2.27. The molecule has 1 heterocycles. The summed E-state index contributed by atoms with van der Waals surface area (Å²) in [5.41, 5.74) is 5.11. The number of aromatic nitrogens is 1. The van der Waals surface area contributed by atoms with E-state index in [1.54, 1.807) is 0 Å². The van der Waals surface area contributed by atoms with Crippen LogP contribution in [-0.4, -0.2) is 5.91 Å². The molecule has 0 spiro atoms. The molecule has 0 saturated carbocycles. The molecule has 1 rings (SSSR count). The molecule has 0 bridgehead atoms. The molecule has 11 heavy (non-hydrogen) atoms. The van der Waals surface area contributed by atoms with Gasteiger partial charge in [0.25, 0.3) is 5.91 Å². The standard InChI is InChI=1S/C6H6N2O2.ClH/c7-6(9)5-2-1-3-8(10)4-5;/h1-4H,(H2,7,9);1H. The van der Waals surface area contributed by atoms with Crippen LogP contribution in [0.1, 0.15) is 10.4 Å². The molecule has 2 N–H and O–H groups in total. The first kappa shape index (κ1) is 9.71. The summed E-state index contributed by atoms with van der Waals surface area (Å²) in [6, 6.07) is 2.95. The highest BCUT2D eigenvalue weighted by atomic mass is 35.5. The fraction of sp³-hybridized carbons (Fsp3) is 0. The quantitative estimate of drug-likeness (QED) is 0.475.